The maximum Gasteiger partial charge on any atom is 0.292 e. The van der Waals surface area contributed by atoms with Gasteiger partial charge in [0.15, 0.2) is 0 Å². The molecule has 0 aliphatic rings. The average molecular weight is 267 g/mol. The fourth-order valence-corrected chi connectivity index (χ4v) is 1.73. The van der Waals surface area contributed by atoms with Gasteiger partial charge < -0.3 is 10.3 Å². The number of benzene rings is 1. The molecule has 1 heterocycles. The topological polar surface area (TPSA) is 83.8 Å². The Morgan fingerprint density at radius 2 is 2.33 bits per heavy atom. The normalized spacial score (nSPS) is 10.3. The summed E-state index contributed by atoms with van der Waals surface area (Å²) in [5, 5.41) is 14.3. The molecule has 1 aromatic carbocycles. The van der Waals surface area contributed by atoms with Gasteiger partial charge in [-0.15, -0.1) is 0 Å². The Morgan fingerprint density at radius 3 is 2.94 bits per heavy atom. The summed E-state index contributed by atoms with van der Waals surface area (Å²) < 4.78 is 0. The molecule has 0 spiro atoms. The van der Waals surface area contributed by atoms with Gasteiger partial charge in [0.25, 0.3) is 5.69 Å². The number of hydrogen-bond donors (Lipinski definition) is 2. The van der Waals surface area contributed by atoms with Gasteiger partial charge >= 0.3 is 0 Å². The lowest BCUT2D eigenvalue weighted by Gasteiger charge is -2.06. The molecule has 0 saturated heterocycles. The highest BCUT2D eigenvalue weighted by Crippen LogP contribution is 2.27. The Morgan fingerprint density at radius 1 is 1.56 bits per heavy atom. The molecule has 0 aliphatic carbocycles. The first-order valence-electron chi connectivity index (χ1n) is 5.24. The van der Waals surface area contributed by atoms with Crippen LogP contribution in [0.15, 0.2) is 24.5 Å². The van der Waals surface area contributed by atoms with Gasteiger partial charge in [-0.2, -0.15) is 0 Å². The van der Waals surface area contributed by atoms with E-state index < -0.39 is 4.92 Å². The molecule has 6 nitrogen and oxygen atoms in total. The Hall–Kier alpha value is -2.08. The highest BCUT2D eigenvalue weighted by molar-refractivity contribution is 6.31. The van der Waals surface area contributed by atoms with Crippen molar-refractivity contribution < 1.29 is 4.92 Å². The molecule has 2 aromatic rings. The Labute approximate surface area is 108 Å². The molecule has 0 unspecified atom stereocenters. The molecule has 0 amide bonds. The van der Waals surface area contributed by atoms with Crippen LogP contribution in [0.25, 0.3) is 0 Å². The summed E-state index contributed by atoms with van der Waals surface area (Å²) in [7, 11) is 0. The van der Waals surface area contributed by atoms with Gasteiger partial charge in [0, 0.05) is 16.8 Å². The number of rotatable bonds is 4. The van der Waals surface area contributed by atoms with Crippen LogP contribution in [0.2, 0.25) is 5.02 Å². The van der Waals surface area contributed by atoms with E-state index in [4.69, 9.17) is 11.6 Å². The van der Waals surface area contributed by atoms with Crippen molar-refractivity contribution in [3.63, 3.8) is 0 Å². The summed E-state index contributed by atoms with van der Waals surface area (Å²) in [6.07, 6.45) is 1.58. The van der Waals surface area contributed by atoms with Gasteiger partial charge in [0.2, 0.25) is 0 Å². The van der Waals surface area contributed by atoms with E-state index in [9.17, 15) is 10.1 Å². The van der Waals surface area contributed by atoms with Crippen LogP contribution in [-0.4, -0.2) is 14.9 Å². The Bertz CT molecular complexity index is 582. The van der Waals surface area contributed by atoms with Gasteiger partial charge in [-0.25, -0.2) is 4.98 Å². The molecule has 0 fully saturated rings. The summed E-state index contributed by atoms with van der Waals surface area (Å²) in [5.41, 5.74) is 2.11. The second-order valence-corrected chi connectivity index (χ2v) is 4.18. The molecule has 0 saturated carbocycles. The van der Waals surface area contributed by atoms with Crippen molar-refractivity contribution >= 4 is 23.0 Å². The number of aryl methyl sites for hydroxylation is 1. The van der Waals surface area contributed by atoms with Crippen molar-refractivity contribution in [3.8, 4) is 0 Å². The van der Waals surface area contributed by atoms with Crippen LogP contribution < -0.4 is 5.32 Å². The minimum atomic E-state index is -0.448. The molecule has 2 rings (SSSR count). The molecular weight excluding hydrogens is 256 g/mol. The lowest BCUT2D eigenvalue weighted by Crippen LogP contribution is -2.04. The van der Waals surface area contributed by atoms with Crippen LogP contribution in [0, 0.1) is 17.0 Å². The van der Waals surface area contributed by atoms with Crippen LogP contribution in [0.1, 0.15) is 11.4 Å². The van der Waals surface area contributed by atoms with Crippen LogP contribution in [-0.2, 0) is 6.54 Å². The number of aromatic amines is 1. The number of H-pyrrole nitrogens is 1. The van der Waals surface area contributed by atoms with Crippen molar-refractivity contribution in [2.75, 3.05) is 5.32 Å². The SMILES string of the molecule is Cc1[nH]cnc1CNc1cc(Cl)ccc1[N+](=O)[O-]. The van der Waals surface area contributed by atoms with Gasteiger partial charge in [-0.1, -0.05) is 11.6 Å². The number of nitrogens with one attached hydrogen (secondary N) is 2. The largest absolute Gasteiger partial charge is 0.374 e. The number of hydrogen-bond acceptors (Lipinski definition) is 4. The molecule has 0 bridgehead atoms. The van der Waals surface area contributed by atoms with E-state index in [1.54, 1.807) is 6.33 Å². The van der Waals surface area contributed by atoms with Gasteiger partial charge in [0.1, 0.15) is 5.69 Å². The number of imidazole rings is 1. The molecule has 0 aliphatic heterocycles. The molecule has 1 aromatic heterocycles. The van der Waals surface area contributed by atoms with Crippen LogP contribution in [0.3, 0.4) is 0 Å². The summed E-state index contributed by atoms with van der Waals surface area (Å²) >= 11 is 5.83. The van der Waals surface area contributed by atoms with Gasteiger partial charge in [0.05, 0.1) is 23.5 Å². The predicted molar refractivity (Wildman–Crippen MR) is 68.8 cm³/mol. The predicted octanol–water partition coefficient (Wildman–Crippen LogP) is 2.89. The number of halogens is 1. The summed E-state index contributed by atoms with van der Waals surface area (Å²) in [5.74, 6) is 0. The lowest BCUT2D eigenvalue weighted by molar-refractivity contribution is -0.384. The smallest absolute Gasteiger partial charge is 0.292 e. The quantitative estimate of drug-likeness (QED) is 0.658. The maximum atomic E-state index is 10.9. The van der Waals surface area contributed by atoms with E-state index in [-0.39, 0.29) is 5.69 Å². The third-order valence-electron chi connectivity index (χ3n) is 2.54. The molecule has 94 valence electrons. The van der Waals surface area contributed by atoms with Crippen molar-refractivity contribution in [2.24, 2.45) is 0 Å². The van der Waals surface area contributed by atoms with E-state index in [0.29, 0.717) is 17.3 Å². The standard InChI is InChI=1S/C11H11ClN4O2/c1-7-10(15-6-14-7)5-13-9-4-8(12)2-3-11(9)16(17)18/h2-4,6,13H,5H2,1H3,(H,14,15). The van der Waals surface area contributed by atoms with Gasteiger partial charge in [-0.3, -0.25) is 10.1 Å². The second-order valence-electron chi connectivity index (χ2n) is 3.75. The highest BCUT2D eigenvalue weighted by atomic mass is 35.5. The van der Waals surface area contributed by atoms with E-state index in [1.807, 2.05) is 6.92 Å². The van der Waals surface area contributed by atoms with Crippen molar-refractivity contribution in [2.45, 2.75) is 13.5 Å². The van der Waals surface area contributed by atoms with E-state index in [1.165, 1.54) is 18.2 Å². The highest BCUT2D eigenvalue weighted by Gasteiger charge is 2.14. The molecule has 2 N–H and O–H groups in total. The van der Waals surface area contributed by atoms with Crippen LogP contribution in [0.4, 0.5) is 11.4 Å². The van der Waals surface area contributed by atoms with Crippen molar-refractivity contribution in [3.05, 3.63) is 51.1 Å². The molecule has 0 radical (unpaired) electrons. The van der Waals surface area contributed by atoms with Crippen molar-refractivity contribution in [1.82, 2.24) is 9.97 Å². The Balaban J connectivity index is 2.20. The van der Waals surface area contributed by atoms with E-state index >= 15 is 0 Å². The number of aromatic nitrogens is 2. The first-order valence-corrected chi connectivity index (χ1v) is 5.62. The minimum absolute atomic E-state index is 0.00686. The van der Waals surface area contributed by atoms with Crippen molar-refractivity contribution in [1.29, 1.82) is 0 Å². The number of nitro benzene ring substituents is 1. The lowest BCUT2D eigenvalue weighted by atomic mass is 10.2. The molecule has 18 heavy (non-hydrogen) atoms. The number of nitrogens with zero attached hydrogens (tertiary/aromatic N) is 2. The second kappa shape index (κ2) is 5.05. The minimum Gasteiger partial charge on any atom is -0.374 e. The Kier molecular flexibility index (Phi) is 3.47. The van der Waals surface area contributed by atoms with Crippen LogP contribution >= 0.6 is 11.6 Å². The zero-order chi connectivity index (χ0) is 13.1. The summed E-state index contributed by atoms with van der Waals surface area (Å²) in [6, 6.07) is 4.40. The summed E-state index contributed by atoms with van der Waals surface area (Å²) in [4.78, 5) is 17.5. The van der Waals surface area contributed by atoms with Gasteiger partial charge in [-0.05, 0) is 19.1 Å². The maximum absolute atomic E-state index is 10.9. The fraction of sp³-hybridized carbons (Fsp3) is 0.182. The molecule has 7 heteroatoms. The first kappa shape index (κ1) is 12.4. The van der Waals surface area contributed by atoms with E-state index in [2.05, 4.69) is 15.3 Å². The first-order chi connectivity index (χ1) is 8.58. The monoisotopic (exact) mass is 266 g/mol. The average Bonchev–Trinajstić information content (AvgIpc) is 2.72. The number of anilines is 1. The summed E-state index contributed by atoms with van der Waals surface area (Å²) in [6.45, 7) is 2.28. The molecular formula is C11H11ClN4O2. The fourth-order valence-electron chi connectivity index (χ4n) is 1.55. The zero-order valence-electron chi connectivity index (χ0n) is 9.61. The van der Waals surface area contributed by atoms with E-state index in [0.717, 1.165) is 11.4 Å². The number of nitro groups is 1. The zero-order valence-corrected chi connectivity index (χ0v) is 10.4. The molecule has 0 atom stereocenters. The third kappa shape index (κ3) is 2.60. The third-order valence-corrected chi connectivity index (χ3v) is 2.77. The van der Waals surface area contributed by atoms with Crippen LogP contribution in [0.5, 0.6) is 0 Å².